The number of carboxylic acid groups (broad SMARTS) is 1. The molecule has 1 aliphatic rings. The van der Waals surface area contributed by atoms with Crippen molar-refractivity contribution in [2.24, 2.45) is 0 Å². The second kappa shape index (κ2) is 12.2. The number of carbonyl (C=O) groups is 2. The summed E-state index contributed by atoms with van der Waals surface area (Å²) in [5.41, 5.74) is 2.34. The molecule has 2 aromatic heterocycles. The zero-order chi connectivity index (χ0) is 28.9. The first-order valence-corrected chi connectivity index (χ1v) is 12.7. The fraction of sp³-hybridized carbons (Fsp3) is 0.296. The number of phenols is 1. The van der Waals surface area contributed by atoms with Crippen LogP contribution in [0.5, 0.6) is 5.75 Å². The van der Waals surface area contributed by atoms with Crippen molar-refractivity contribution >= 4 is 29.0 Å². The molecule has 1 amide bonds. The number of aromatic nitrogens is 4. The van der Waals surface area contributed by atoms with Crippen LogP contribution in [-0.2, 0) is 27.2 Å². The van der Waals surface area contributed by atoms with Gasteiger partial charge in [0.15, 0.2) is 23.2 Å². The number of benzene rings is 2. The molecule has 3 heterocycles. The molecule has 14 heteroatoms. The van der Waals surface area contributed by atoms with E-state index in [0.717, 1.165) is 11.1 Å². The van der Waals surface area contributed by atoms with Crippen molar-refractivity contribution in [1.29, 1.82) is 0 Å². The molecule has 6 N–H and O–H groups in total. The van der Waals surface area contributed by atoms with Gasteiger partial charge in [0.2, 0.25) is 0 Å². The Bertz CT molecular complexity index is 1500. The molecule has 214 valence electrons. The third-order valence-electron chi connectivity index (χ3n) is 6.62. The zero-order valence-corrected chi connectivity index (χ0v) is 21.6. The second-order valence-corrected chi connectivity index (χ2v) is 9.44. The van der Waals surface area contributed by atoms with Gasteiger partial charge in [-0.1, -0.05) is 42.5 Å². The van der Waals surface area contributed by atoms with Gasteiger partial charge < -0.3 is 40.5 Å². The van der Waals surface area contributed by atoms with Crippen LogP contribution in [0.3, 0.4) is 0 Å². The Morgan fingerprint density at radius 3 is 2.49 bits per heavy atom. The number of carboxylic acids is 1. The molecule has 0 bridgehead atoms. The fourth-order valence-corrected chi connectivity index (χ4v) is 4.46. The second-order valence-electron chi connectivity index (χ2n) is 9.44. The van der Waals surface area contributed by atoms with Crippen molar-refractivity contribution in [3.8, 4) is 5.75 Å². The number of aliphatic hydroxyl groups is 2. The molecule has 0 radical (unpaired) electrons. The minimum absolute atomic E-state index is 0.0515. The number of amides is 1. The highest BCUT2D eigenvalue weighted by Crippen LogP contribution is 2.32. The first-order valence-electron chi connectivity index (χ1n) is 12.7. The average Bonchev–Trinajstić information content (AvgIpc) is 3.52. The van der Waals surface area contributed by atoms with Crippen LogP contribution < -0.4 is 10.6 Å². The number of alkyl carbamates (subject to hydrolysis) is 1. The lowest BCUT2D eigenvalue weighted by molar-refractivity contribution is -0.139. The van der Waals surface area contributed by atoms with Crippen molar-refractivity contribution in [2.45, 2.75) is 43.5 Å². The number of hydrogen-bond donors (Lipinski definition) is 6. The summed E-state index contributed by atoms with van der Waals surface area (Å²) in [6.07, 6.45) is -3.28. The van der Waals surface area contributed by atoms with Gasteiger partial charge in [0.05, 0.1) is 6.33 Å². The van der Waals surface area contributed by atoms with Gasteiger partial charge in [-0.15, -0.1) is 0 Å². The van der Waals surface area contributed by atoms with E-state index < -0.39 is 49.3 Å². The first-order chi connectivity index (χ1) is 19.8. The Morgan fingerprint density at radius 1 is 1.00 bits per heavy atom. The molecular formula is C27H28N6O8. The molecule has 2 aromatic carbocycles. The minimum Gasteiger partial charge on any atom is -0.508 e. The molecule has 2 unspecified atom stereocenters. The van der Waals surface area contributed by atoms with Gasteiger partial charge in [0.25, 0.3) is 0 Å². The van der Waals surface area contributed by atoms with Crippen LogP contribution in [0.15, 0.2) is 67.3 Å². The topological polar surface area (TPSA) is 201 Å². The number of hydrogen-bond acceptors (Lipinski definition) is 11. The van der Waals surface area contributed by atoms with Crippen LogP contribution >= 0.6 is 0 Å². The molecule has 5 rings (SSSR count). The highest BCUT2D eigenvalue weighted by Gasteiger charge is 2.45. The summed E-state index contributed by atoms with van der Waals surface area (Å²) in [5, 5.41) is 45.7. The van der Waals surface area contributed by atoms with Crippen molar-refractivity contribution in [2.75, 3.05) is 11.9 Å². The van der Waals surface area contributed by atoms with Gasteiger partial charge in [-0.25, -0.2) is 24.5 Å². The molecule has 41 heavy (non-hydrogen) atoms. The number of imidazole rings is 1. The van der Waals surface area contributed by atoms with E-state index in [1.807, 2.05) is 0 Å². The summed E-state index contributed by atoms with van der Waals surface area (Å²) in [4.78, 5) is 36.8. The van der Waals surface area contributed by atoms with E-state index >= 15 is 0 Å². The Kier molecular flexibility index (Phi) is 8.24. The van der Waals surface area contributed by atoms with Crippen molar-refractivity contribution < 1.29 is 39.5 Å². The molecule has 5 atom stereocenters. The van der Waals surface area contributed by atoms with E-state index in [4.69, 9.17) is 9.47 Å². The van der Waals surface area contributed by atoms with Gasteiger partial charge in [-0.05, 0) is 23.3 Å². The van der Waals surface area contributed by atoms with Gasteiger partial charge in [-0.3, -0.25) is 4.57 Å². The molecule has 4 aromatic rings. The molecule has 1 saturated heterocycles. The summed E-state index contributed by atoms with van der Waals surface area (Å²) in [5.74, 6) is -0.648. The van der Waals surface area contributed by atoms with E-state index in [2.05, 4.69) is 25.6 Å². The van der Waals surface area contributed by atoms with Crippen LogP contribution in [0.2, 0.25) is 0 Å². The molecule has 14 nitrogen and oxygen atoms in total. The predicted octanol–water partition coefficient (Wildman–Crippen LogP) is 1.19. The summed E-state index contributed by atoms with van der Waals surface area (Å²) in [6.45, 7) is -0.0463. The van der Waals surface area contributed by atoms with E-state index in [1.54, 1.807) is 54.6 Å². The molecule has 1 fully saturated rings. The third-order valence-corrected chi connectivity index (χ3v) is 6.62. The van der Waals surface area contributed by atoms with Crippen molar-refractivity contribution in [3.63, 3.8) is 0 Å². The number of aromatic hydroxyl groups is 1. The predicted molar refractivity (Wildman–Crippen MR) is 143 cm³/mol. The van der Waals surface area contributed by atoms with E-state index in [9.17, 15) is 30.0 Å². The molecule has 0 saturated carbocycles. The Morgan fingerprint density at radius 2 is 1.76 bits per heavy atom. The number of anilines is 1. The zero-order valence-electron chi connectivity index (χ0n) is 21.6. The van der Waals surface area contributed by atoms with Gasteiger partial charge in [0.1, 0.15) is 43.0 Å². The number of aliphatic hydroxyl groups excluding tert-OH is 2. The van der Waals surface area contributed by atoms with Gasteiger partial charge in [-0.2, -0.15) is 0 Å². The van der Waals surface area contributed by atoms with Crippen LogP contribution in [0, 0.1) is 0 Å². The summed E-state index contributed by atoms with van der Waals surface area (Å²) in [7, 11) is 0. The number of nitrogens with zero attached hydrogens (tertiary/aromatic N) is 4. The third kappa shape index (κ3) is 6.35. The number of nitrogens with one attached hydrogen (secondary N) is 2. The van der Waals surface area contributed by atoms with E-state index in [-0.39, 0.29) is 12.2 Å². The maximum atomic E-state index is 12.3. The summed E-state index contributed by atoms with van der Waals surface area (Å²) in [6, 6.07) is 14.2. The molecular weight excluding hydrogens is 536 g/mol. The number of rotatable bonds is 10. The maximum Gasteiger partial charge on any atom is 0.407 e. The van der Waals surface area contributed by atoms with Crippen molar-refractivity contribution in [3.05, 3.63) is 78.4 Å². The lowest BCUT2D eigenvalue weighted by Gasteiger charge is -2.18. The quantitative estimate of drug-likeness (QED) is 0.161. The normalized spacial score (nSPS) is 20.9. The monoisotopic (exact) mass is 564 g/mol. The molecule has 1 aliphatic heterocycles. The number of ether oxygens (including phenoxy) is 2. The summed E-state index contributed by atoms with van der Waals surface area (Å²) < 4.78 is 12.4. The molecule has 0 spiro atoms. The number of phenolic OH excluding ortho intramolecular Hbond substituents is 1. The standard InChI is InChI=1S/C27H28N6O8/c34-17-8-6-16(7-9-17)11-28-23-20-24(30-13-29-23)33(14-31-20)25-22(36)21(35)19(41-25)12-40-27(39)32-18(26(37)38)10-15-4-2-1-3-5-15/h1-9,13-14,18-19,21-22,25,34-36H,10-12H2,(H,32,39)(H,37,38)(H,28,29,30)/t18-,19+,21?,22?,25+/m0/s1. The number of fused-ring (bicyclic) bond motifs is 1. The smallest absolute Gasteiger partial charge is 0.407 e. The van der Waals surface area contributed by atoms with Gasteiger partial charge in [0, 0.05) is 13.0 Å². The lowest BCUT2D eigenvalue weighted by Crippen LogP contribution is -2.44. The maximum absolute atomic E-state index is 12.3. The lowest BCUT2D eigenvalue weighted by atomic mass is 10.1. The van der Waals surface area contributed by atoms with Crippen LogP contribution in [0.1, 0.15) is 17.4 Å². The highest BCUT2D eigenvalue weighted by molar-refractivity contribution is 5.82. The fourth-order valence-electron chi connectivity index (χ4n) is 4.46. The summed E-state index contributed by atoms with van der Waals surface area (Å²) >= 11 is 0. The number of aliphatic carboxylic acids is 1. The van der Waals surface area contributed by atoms with Crippen molar-refractivity contribution in [1.82, 2.24) is 24.8 Å². The Labute approximate surface area is 233 Å². The highest BCUT2D eigenvalue weighted by atomic mass is 16.6. The Balaban J connectivity index is 1.21. The van der Waals surface area contributed by atoms with Crippen LogP contribution in [-0.4, -0.2) is 83.0 Å². The SMILES string of the molecule is O=C(N[C@@H](Cc1ccccc1)C(=O)O)OC[C@H]1O[C@@H](n2cnc3c(NCc4ccc(O)cc4)ncnc32)C(O)C1O. The number of carbonyl (C=O) groups excluding carboxylic acids is 1. The van der Waals surface area contributed by atoms with Crippen LogP contribution in [0.4, 0.5) is 10.6 Å². The van der Waals surface area contributed by atoms with E-state index in [1.165, 1.54) is 17.2 Å². The van der Waals surface area contributed by atoms with Crippen LogP contribution in [0.25, 0.3) is 11.2 Å². The Hall–Kier alpha value is -4.79. The minimum atomic E-state index is -1.42. The largest absolute Gasteiger partial charge is 0.508 e. The molecule has 0 aliphatic carbocycles. The average molecular weight is 565 g/mol. The van der Waals surface area contributed by atoms with Gasteiger partial charge >= 0.3 is 12.1 Å². The van der Waals surface area contributed by atoms with E-state index in [0.29, 0.717) is 23.5 Å². The first kappa shape index (κ1) is 27.8.